The number of hydrogen-bond acceptors (Lipinski definition) is 6. The van der Waals surface area contributed by atoms with Gasteiger partial charge in [-0.05, 0) is 6.07 Å². The molecule has 0 N–H and O–H groups in total. The first-order valence-corrected chi connectivity index (χ1v) is 6.28. The molecule has 0 spiro atoms. The van der Waals surface area contributed by atoms with Crippen molar-refractivity contribution in [1.29, 1.82) is 0 Å². The number of nitrogens with zero attached hydrogens (tertiary/aromatic N) is 1. The smallest absolute Gasteiger partial charge is 0.343 e. The van der Waals surface area contributed by atoms with E-state index in [0.29, 0.717) is 0 Å². The van der Waals surface area contributed by atoms with Crippen LogP contribution in [0, 0.1) is 0 Å². The van der Waals surface area contributed by atoms with Crippen LogP contribution in [-0.2, 0) is 13.8 Å². The Morgan fingerprint density at radius 2 is 2.06 bits per heavy atom. The predicted octanol–water partition coefficient (Wildman–Crippen LogP) is 0.804. The zero-order valence-corrected chi connectivity index (χ0v) is 10.0. The number of pyridine rings is 1. The molecule has 1 rings (SSSR count). The van der Waals surface area contributed by atoms with Crippen LogP contribution in [-0.4, -0.2) is 33.6 Å². The first kappa shape index (κ1) is 12.7. The van der Waals surface area contributed by atoms with E-state index >= 15 is 0 Å². The summed E-state index contributed by atoms with van der Waals surface area (Å²) in [6, 6.07) is 1.04. The molecule has 16 heavy (non-hydrogen) atoms. The molecule has 0 aromatic carbocycles. The minimum absolute atomic E-state index is 0.0316. The molecule has 0 bridgehead atoms. The highest BCUT2D eigenvalue weighted by atomic mass is 35.7. The average Bonchev–Trinajstić information content (AvgIpc) is 2.25. The van der Waals surface area contributed by atoms with Crippen LogP contribution >= 0.6 is 10.7 Å². The van der Waals surface area contributed by atoms with Crippen LogP contribution in [0.15, 0.2) is 17.2 Å². The molecule has 0 aliphatic rings. The third-order valence-corrected chi connectivity index (χ3v) is 3.03. The fourth-order valence-electron chi connectivity index (χ4n) is 0.985. The van der Waals surface area contributed by atoms with Crippen molar-refractivity contribution in [2.75, 3.05) is 14.2 Å². The Labute approximate surface area is 96.6 Å². The van der Waals surface area contributed by atoms with E-state index in [1.54, 1.807) is 0 Å². The third kappa shape index (κ3) is 2.61. The van der Waals surface area contributed by atoms with Crippen molar-refractivity contribution >= 4 is 25.7 Å². The zero-order chi connectivity index (χ0) is 12.3. The van der Waals surface area contributed by atoms with Gasteiger partial charge < -0.3 is 9.47 Å². The number of rotatable bonds is 3. The summed E-state index contributed by atoms with van der Waals surface area (Å²) in [7, 11) is 3.62. The fraction of sp³-hybridized carbons (Fsp3) is 0.250. The SMILES string of the molecule is COC(=O)c1cc(S(=O)(=O)Cl)cnc1OC. The van der Waals surface area contributed by atoms with E-state index in [1.165, 1.54) is 7.11 Å². The van der Waals surface area contributed by atoms with E-state index in [9.17, 15) is 13.2 Å². The van der Waals surface area contributed by atoms with Gasteiger partial charge in [0.05, 0.1) is 20.4 Å². The Morgan fingerprint density at radius 3 is 2.50 bits per heavy atom. The standard InChI is InChI=1S/C8H8ClNO5S/c1-14-7-6(8(11)15-2)3-5(4-10-7)16(9,12)13/h3-4H,1-2H3. The summed E-state index contributed by atoms with van der Waals surface area (Å²) in [5.41, 5.74) is -0.105. The van der Waals surface area contributed by atoms with Gasteiger partial charge in [0, 0.05) is 10.7 Å². The Balaban J connectivity index is 3.38. The normalized spacial score (nSPS) is 10.9. The van der Waals surface area contributed by atoms with E-state index in [-0.39, 0.29) is 16.3 Å². The number of hydrogen-bond donors (Lipinski definition) is 0. The molecule has 0 radical (unpaired) electrons. The maximum absolute atomic E-state index is 11.3. The fourth-order valence-corrected chi connectivity index (χ4v) is 1.68. The monoisotopic (exact) mass is 265 g/mol. The van der Waals surface area contributed by atoms with Gasteiger partial charge in [0.2, 0.25) is 5.88 Å². The highest BCUT2D eigenvalue weighted by Crippen LogP contribution is 2.22. The Morgan fingerprint density at radius 1 is 1.44 bits per heavy atom. The van der Waals surface area contributed by atoms with Gasteiger partial charge in [-0.2, -0.15) is 0 Å². The van der Waals surface area contributed by atoms with Crippen molar-refractivity contribution in [3.05, 3.63) is 17.8 Å². The quantitative estimate of drug-likeness (QED) is 0.594. The molecule has 0 saturated carbocycles. The molecular formula is C8H8ClNO5S. The highest BCUT2D eigenvalue weighted by molar-refractivity contribution is 8.13. The summed E-state index contributed by atoms with van der Waals surface area (Å²) < 4.78 is 31.3. The van der Waals surface area contributed by atoms with Gasteiger partial charge in [0.15, 0.2) is 0 Å². The van der Waals surface area contributed by atoms with E-state index < -0.39 is 15.0 Å². The lowest BCUT2D eigenvalue weighted by Crippen LogP contribution is -2.07. The molecule has 1 aromatic heterocycles. The molecule has 0 saturated heterocycles. The topological polar surface area (TPSA) is 82.6 Å². The molecule has 1 aromatic rings. The number of halogens is 1. The Kier molecular flexibility index (Phi) is 3.71. The molecule has 0 amide bonds. The molecule has 6 nitrogen and oxygen atoms in total. The molecular weight excluding hydrogens is 258 g/mol. The molecule has 0 aliphatic carbocycles. The minimum Gasteiger partial charge on any atom is -0.480 e. The molecule has 1 heterocycles. The predicted molar refractivity (Wildman–Crippen MR) is 55.2 cm³/mol. The molecule has 0 atom stereocenters. The van der Waals surface area contributed by atoms with Crippen LogP contribution < -0.4 is 4.74 Å². The number of esters is 1. The van der Waals surface area contributed by atoms with E-state index in [1.807, 2.05) is 0 Å². The molecule has 88 valence electrons. The van der Waals surface area contributed by atoms with Gasteiger partial charge in [-0.15, -0.1) is 0 Å². The van der Waals surface area contributed by atoms with Gasteiger partial charge in [-0.3, -0.25) is 0 Å². The molecule has 0 fully saturated rings. The van der Waals surface area contributed by atoms with E-state index in [2.05, 4.69) is 9.72 Å². The first-order chi connectivity index (χ1) is 7.40. The summed E-state index contributed by atoms with van der Waals surface area (Å²) in [5, 5.41) is 0. The Hall–Kier alpha value is -1.34. The van der Waals surface area contributed by atoms with Gasteiger partial charge in [-0.1, -0.05) is 0 Å². The second-order valence-corrected chi connectivity index (χ2v) is 5.22. The number of methoxy groups -OCH3 is 2. The van der Waals surface area contributed by atoms with Crippen LogP contribution in [0.1, 0.15) is 10.4 Å². The molecule has 0 unspecified atom stereocenters. The van der Waals surface area contributed by atoms with Crippen molar-refractivity contribution in [3.8, 4) is 5.88 Å². The van der Waals surface area contributed by atoms with Crippen molar-refractivity contribution in [2.24, 2.45) is 0 Å². The molecule has 0 aliphatic heterocycles. The van der Waals surface area contributed by atoms with Gasteiger partial charge in [0.25, 0.3) is 9.05 Å². The maximum Gasteiger partial charge on any atom is 0.343 e. The van der Waals surface area contributed by atoms with E-state index in [0.717, 1.165) is 19.4 Å². The maximum atomic E-state index is 11.3. The van der Waals surface area contributed by atoms with Gasteiger partial charge in [-0.25, -0.2) is 18.2 Å². The average molecular weight is 266 g/mol. The van der Waals surface area contributed by atoms with Crippen molar-refractivity contribution in [2.45, 2.75) is 4.90 Å². The van der Waals surface area contributed by atoms with Crippen LogP contribution in [0.25, 0.3) is 0 Å². The van der Waals surface area contributed by atoms with Crippen LogP contribution in [0.2, 0.25) is 0 Å². The van der Waals surface area contributed by atoms with Gasteiger partial charge >= 0.3 is 5.97 Å². The van der Waals surface area contributed by atoms with Crippen LogP contribution in [0.4, 0.5) is 0 Å². The second-order valence-electron chi connectivity index (χ2n) is 2.66. The van der Waals surface area contributed by atoms with Gasteiger partial charge in [0.1, 0.15) is 10.5 Å². The summed E-state index contributed by atoms with van der Waals surface area (Å²) in [5.74, 6) is -0.789. The number of aromatic nitrogens is 1. The van der Waals surface area contributed by atoms with Crippen molar-refractivity contribution in [3.63, 3.8) is 0 Å². The van der Waals surface area contributed by atoms with E-state index in [4.69, 9.17) is 15.4 Å². The van der Waals surface area contributed by atoms with Crippen molar-refractivity contribution < 1.29 is 22.7 Å². The second kappa shape index (κ2) is 4.67. The lowest BCUT2D eigenvalue weighted by molar-refractivity contribution is 0.0596. The first-order valence-electron chi connectivity index (χ1n) is 3.97. The van der Waals surface area contributed by atoms with Crippen LogP contribution in [0.3, 0.4) is 0 Å². The lowest BCUT2D eigenvalue weighted by Gasteiger charge is -2.06. The Bertz CT molecular complexity index is 513. The summed E-state index contributed by atoms with van der Waals surface area (Å²) in [6.07, 6.45) is 0.994. The summed E-state index contributed by atoms with van der Waals surface area (Å²) in [6.45, 7) is 0. The number of carbonyl (C=O) groups is 1. The highest BCUT2D eigenvalue weighted by Gasteiger charge is 2.19. The van der Waals surface area contributed by atoms with Crippen molar-refractivity contribution in [1.82, 2.24) is 4.98 Å². The zero-order valence-electron chi connectivity index (χ0n) is 8.43. The number of ether oxygens (including phenoxy) is 2. The summed E-state index contributed by atoms with van der Waals surface area (Å²) >= 11 is 0. The summed E-state index contributed by atoms with van der Waals surface area (Å²) in [4.78, 5) is 14.6. The lowest BCUT2D eigenvalue weighted by atomic mass is 10.3. The number of carbonyl (C=O) groups excluding carboxylic acids is 1. The molecule has 8 heteroatoms. The largest absolute Gasteiger partial charge is 0.480 e. The minimum atomic E-state index is -3.95. The van der Waals surface area contributed by atoms with Crippen LogP contribution in [0.5, 0.6) is 5.88 Å². The third-order valence-electron chi connectivity index (χ3n) is 1.71.